The highest BCUT2D eigenvalue weighted by atomic mass is 28.4. The lowest BCUT2D eigenvalue weighted by atomic mass is 9.75. The van der Waals surface area contributed by atoms with Gasteiger partial charge in [0.05, 0.1) is 12.8 Å². The molecule has 0 saturated heterocycles. The van der Waals surface area contributed by atoms with E-state index in [4.69, 9.17) is 18.9 Å². The molecule has 1 heterocycles. The Morgan fingerprint density at radius 1 is 1.17 bits per heavy atom. The molecule has 1 aromatic carbocycles. The lowest BCUT2D eigenvalue weighted by molar-refractivity contribution is -0.167. The van der Waals surface area contributed by atoms with Crippen LogP contribution in [-0.2, 0) is 29.1 Å². The van der Waals surface area contributed by atoms with Crippen LogP contribution in [0, 0.1) is 11.8 Å². The molecule has 1 aliphatic rings. The first-order chi connectivity index (χ1) is 13.3. The highest BCUT2D eigenvalue weighted by molar-refractivity contribution is 6.69. The lowest BCUT2D eigenvalue weighted by Crippen LogP contribution is -2.63. The number of hydrogen-bond acceptors (Lipinski definition) is 6. The quantitative estimate of drug-likeness (QED) is 0.326. The van der Waals surface area contributed by atoms with Crippen molar-refractivity contribution in [1.82, 2.24) is 0 Å². The van der Waals surface area contributed by atoms with E-state index in [1.165, 1.54) is 7.11 Å². The summed E-state index contributed by atoms with van der Waals surface area (Å²) in [5, 5.41) is 0. The van der Waals surface area contributed by atoms with Gasteiger partial charge in [0.15, 0.2) is 19.5 Å². The van der Waals surface area contributed by atoms with E-state index in [0.717, 1.165) is 0 Å². The molecule has 0 aromatic heterocycles. The Morgan fingerprint density at radius 3 is 2.28 bits per heavy atom. The Balaban J connectivity index is 2.91. The maximum Gasteiger partial charge on any atom is 0.384 e. The fourth-order valence-electron chi connectivity index (χ4n) is 3.12. The van der Waals surface area contributed by atoms with E-state index < -0.39 is 37.0 Å². The standard InChI is InChI=1S/C22H29NO5Si/c1-16-20(2,3)27-19(25)21(4,23-16)22(28-29(6,7)8,15-14-18(24)26-5)17-12-10-9-11-13-17/h9-13H,1-8H3. The topological polar surface area (TPSA) is 74.2 Å². The maximum absolute atomic E-state index is 13.3. The molecular formula is C22H29NO5Si. The SMILES string of the molecule is COC(=O)C#CC(O[Si](C)(C)C)(c1ccccc1)C1(C)N=C(C)C(C)(C)OC1=O. The van der Waals surface area contributed by atoms with Crippen molar-refractivity contribution in [3.05, 3.63) is 35.9 Å². The van der Waals surface area contributed by atoms with Gasteiger partial charge in [0.2, 0.25) is 0 Å². The van der Waals surface area contributed by atoms with E-state index in [1.807, 2.05) is 56.9 Å². The number of cyclic esters (lactones) is 1. The minimum Gasteiger partial charge on any atom is -0.459 e. The van der Waals surface area contributed by atoms with Crippen LogP contribution in [0.5, 0.6) is 0 Å². The van der Waals surface area contributed by atoms with Gasteiger partial charge in [-0.15, -0.1) is 0 Å². The largest absolute Gasteiger partial charge is 0.459 e. The number of aliphatic imine (C=N–C) groups is 1. The summed E-state index contributed by atoms with van der Waals surface area (Å²) < 4.78 is 17.0. The van der Waals surface area contributed by atoms with Crippen molar-refractivity contribution in [3.8, 4) is 11.8 Å². The molecule has 0 radical (unpaired) electrons. The van der Waals surface area contributed by atoms with Crippen molar-refractivity contribution >= 4 is 26.0 Å². The Hall–Kier alpha value is -2.43. The van der Waals surface area contributed by atoms with Crippen LogP contribution in [0.15, 0.2) is 35.3 Å². The molecule has 2 atom stereocenters. The summed E-state index contributed by atoms with van der Waals surface area (Å²) in [6.07, 6.45) is 0. The monoisotopic (exact) mass is 415 g/mol. The minimum atomic E-state index is -2.31. The fraction of sp³-hybridized carbons (Fsp3) is 0.500. The normalized spacial score (nSPS) is 23.0. The number of nitrogens with zero attached hydrogens (tertiary/aromatic N) is 1. The van der Waals surface area contributed by atoms with Gasteiger partial charge in [0.1, 0.15) is 5.60 Å². The molecule has 0 amide bonds. The third kappa shape index (κ3) is 4.44. The summed E-state index contributed by atoms with van der Waals surface area (Å²) in [5.41, 5.74) is -2.63. The first-order valence-electron chi connectivity index (χ1n) is 9.45. The predicted molar refractivity (Wildman–Crippen MR) is 114 cm³/mol. The maximum atomic E-state index is 13.3. The number of ether oxygens (including phenoxy) is 2. The molecule has 1 aliphatic heterocycles. The summed E-state index contributed by atoms with van der Waals surface area (Å²) in [4.78, 5) is 30.0. The highest BCUT2D eigenvalue weighted by Crippen LogP contribution is 2.45. The molecule has 0 spiro atoms. The average Bonchev–Trinajstić information content (AvgIpc) is 2.62. The van der Waals surface area contributed by atoms with Gasteiger partial charge in [-0.3, -0.25) is 4.99 Å². The molecule has 29 heavy (non-hydrogen) atoms. The Kier molecular flexibility index (Phi) is 6.12. The van der Waals surface area contributed by atoms with Gasteiger partial charge in [-0.1, -0.05) is 30.3 Å². The Morgan fingerprint density at radius 2 is 1.76 bits per heavy atom. The number of hydrogen-bond donors (Lipinski definition) is 0. The van der Waals surface area contributed by atoms with Gasteiger partial charge in [0, 0.05) is 5.92 Å². The van der Waals surface area contributed by atoms with E-state index in [2.05, 4.69) is 11.8 Å². The summed E-state index contributed by atoms with van der Waals surface area (Å²) in [6.45, 7) is 13.0. The third-order valence-electron chi connectivity index (χ3n) is 4.86. The smallest absolute Gasteiger partial charge is 0.384 e. The van der Waals surface area contributed by atoms with Crippen LogP contribution >= 0.6 is 0 Å². The zero-order chi connectivity index (χ0) is 22.1. The van der Waals surface area contributed by atoms with Crippen LogP contribution in [0.25, 0.3) is 0 Å². The van der Waals surface area contributed by atoms with E-state index >= 15 is 0 Å². The molecule has 0 saturated carbocycles. The second-order valence-corrected chi connectivity index (χ2v) is 13.1. The van der Waals surface area contributed by atoms with Crippen molar-refractivity contribution < 1.29 is 23.5 Å². The van der Waals surface area contributed by atoms with Crippen LogP contribution in [0.1, 0.15) is 33.3 Å². The second-order valence-electron chi connectivity index (χ2n) is 8.67. The Bertz CT molecular complexity index is 891. The van der Waals surface area contributed by atoms with Crippen LogP contribution in [-0.4, -0.2) is 44.2 Å². The van der Waals surface area contributed by atoms with Crippen molar-refractivity contribution in [2.24, 2.45) is 4.99 Å². The zero-order valence-electron chi connectivity index (χ0n) is 18.4. The summed E-state index contributed by atoms with van der Waals surface area (Å²) >= 11 is 0. The van der Waals surface area contributed by atoms with Crippen molar-refractivity contribution in [2.75, 3.05) is 7.11 Å². The predicted octanol–water partition coefficient (Wildman–Crippen LogP) is 3.46. The van der Waals surface area contributed by atoms with Gasteiger partial charge in [-0.2, -0.15) is 0 Å². The van der Waals surface area contributed by atoms with Crippen molar-refractivity contribution in [1.29, 1.82) is 0 Å². The number of esters is 2. The van der Waals surface area contributed by atoms with Gasteiger partial charge in [0.25, 0.3) is 0 Å². The first kappa shape index (κ1) is 22.9. The number of carbonyl (C=O) groups is 2. The van der Waals surface area contributed by atoms with Crippen LogP contribution in [0.3, 0.4) is 0 Å². The molecule has 2 rings (SSSR count). The first-order valence-corrected chi connectivity index (χ1v) is 12.9. The molecule has 0 N–H and O–H groups in total. The van der Waals surface area contributed by atoms with Gasteiger partial charge < -0.3 is 13.9 Å². The molecule has 1 aromatic rings. The van der Waals surface area contributed by atoms with Gasteiger partial charge >= 0.3 is 11.9 Å². The molecule has 0 aliphatic carbocycles. The fourth-order valence-corrected chi connectivity index (χ4v) is 4.41. The number of carbonyl (C=O) groups excluding carboxylic acids is 2. The van der Waals surface area contributed by atoms with Gasteiger partial charge in [-0.25, -0.2) is 9.59 Å². The van der Waals surface area contributed by atoms with Crippen molar-refractivity contribution in [2.45, 2.75) is 64.1 Å². The third-order valence-corrected chi connectivity index (χ3v) is 5.78. The Labute approximate surface area is 173 Å². The average molecular weight is 416 g/mol. The van der Waals surface area contributed by atoms with Crippen LogP contribution < -0.4 is 0 Å². The lowest BCUT2D eigenvalue weighted by Gasteiger charge is -2.48. The second kappa shape index (κ2) is 7.77. The van der Waals surface area contributed by atoms with E-state index in [-0.39, 0.29) is 0 Å². The highest BCUT2D eigenvalue weighted by Gasteiger charge is 2.61. The van der Waals surface area contributed by atoms with Gasteiger partial charge in [-0.05, 0) is 58.8 Å². The van der Waals surface area contributed by atoms with Crippen LogP contribution in [0.4, 0.5) is 0 Å². The molecule has 0 fully saturated rings. The molecule has 7 heteroatoms. The van der Waals surface area contributed by atoms with E-state index in [9.17, 15) is 9.59 Å². The summed E-state index contributed by atoms with van der Waals surface area (Å²) in [7, 11) is -1.06. The zero-order valence-corrected chi connectivity index (χ0v) is 19.4. The molecular weight excluding hydrogens is 386 g/mol. The molecule has 2 unspecified atom stereocenters. The van der Waals surface area contributed by atoms with E-state index in [0.29, 0.717) is 11.3 Å². The molecule has 6 nitrogen and oxygen atoms in total. The molecule has 0 bridgehead atoms. The minimum absolute atomic E-state index is 0.561. The number of benzene rings is 1. The summed E-state index contributed by atoms with van der Waals surface area (Å²) in [6, 6.07) is 9.14. The number of methoxy groups -OCH3 is 1. The summed E-state index contributed by atoms with van der Waals surface area (Å²) in [5.74, 6) is 4.12. The molecule has 156 valence electrons. The van der Waals surface area contributed by atoms with Crippen LogP contribution in [0.2, 0.25) is 19.6 Å². The number of rotatable bonds is 4. The van der Waals surface area contributed by atoms with E-state index in [1.54, 1.807) is 20.8 Å². The van der Waals surface area contributed by atoms with Crippen molar-refractivity contribution in [3.63, 3.8) is 0 Å².